The summed E-state index contributed by atoms with van der Waals surface area (Å²) >= 11 is 0. The topological polar surface area (TPSA) is 80.9 Å². The average Bonchev–Trinajstić information content (AvgIpc) is 3.26. The number of hydrogen-bond donors (Lipinski definition) is 4. The highest BCUT2D eigenvalue weighted by Crippen LogP contribution is 2.78. The molecule has 0 aromatic heterocycles. The van der Waals surface area contributed by atoms with Crippen molar-refractivity contribution in [3.05, 3.63) is 0 Å². The fourth-order valence-electron chi connectivity index (χ4n) is 13.3. The van der Waals surface area contributed by atoms with Gasteiger partial charge in [-0.05, 0) is 146 Å². The molecule has 0 aromatic rings. The zero-order chi connectivity index (χ0) is 29.5. The molecule has 0 amide bonds. The van der Waals surface area contributed by atoms with Crippen LogP contribution >= 0.6 is 0 Å². The zero-order valence-corrected chi connectivity index (χ0v) is 27.3. The first-order chi connectivity index (χ1) is 18.6. The number of aliphatic hydroxyl groups excluding tert-OH is 4. The van der Waals surface area contributed by atoms with E-state index in [1.165, 1.54) is 64.2 Å². The summed E-state index contributed by atoms with van der Waals surface area (Å²) < 4.78 is 0. The van der Waals surface area contributed by atoms with Crippen LogP contribution in [0.5, 0.6) is 0 Å². The molecule has 0 aliphatic heterocycles. The highest BCUT2D eigenvalue weighted by molar-refractivity contribution is 5.19. The molecular formula is C36H64O4. The van der Waals surface area contributed by atoms with E-state index >= 15 is 0 Å². The van der Waals surface area contributed by atoms with Crippen LogP contribution in [0.4, 0.5) is 0 Å². The third-order valence-electron chi connectivity index (χ3n) is 16.2. The monoisotopic (exact) mass is 560 g/mol. The van der Waals surface area contributed by atoms with Gasteiger partial charge in [-0.1, -0.05) is 55.4 Å². The lowest BCUT2D eigenvalue weighted by Crippen LogP contribution is -2.66. The summed E-state index contributed by atoms with van der Waals surface area (Å²) in [6, 6.07) is 0. The fourth-order valence-corrected chi connectivity index (χ4v) is 13.3. The molecule has 232 valence electrons. The van der Waals surface area contributed by atoms with Crippen molar-refractivity contribution in [2.75, 3.05) is 6.61 Å². The molecule has 5 fully saturated rings. The van der Waals surface area contributed by atoms with E-state index in [-0.39, 0.29) is 0 Å². The van der Waals surface area contributed by atoms with Crippen molar-refractivity contribution in [3.8, 4) is 0 Å². The van der Waals surface area contributed by atoms with Crippen molar-refractivity contribution in [2.45, 2.75) is 151 Å². The van der Waals surface area contributed by atoms with Crippen LogP contribution in [0.25, 0.3) is 0 Å². The van der Waals surface area contributed by atoms with Gasteiger partial charge in [0.05, 0.1) is 12.7 Å². The van der Waals surface area contributed by atoms with E-state index in [4.69, 9.17) is 5.11 Å². The SMILES string of the molecule is C[C@H](CC[C@@H](O)[C@@H](O)[C@@H](O)CO)[C@H]1CC[C@]2(C)[C@H]3CC[C@H]4[C@@]5(C)CC[C@H](C)C(C)(C)[C@@H]5CC[C@@]4(C)[C@]3(C)CC[C@@H]12. The van der Waals surface area contributed by atoms with E-state index in [2.05, 4.69) is 55.4 Å². The molecule has 0 saturated heterocycles. The van der Waals surface area contributed by atoms with Crippen molar-refractivity contribution < 1.29 is 20.4 Å². The molecule has 40 heavy (non-hydrogen) atoms. The Morgan fingerprint density at radius 3 is 1.85 bits per heavy atom. The predicted molar refractivity (Wildman–Crippen MR) is 162 cm³/mol. The minimum atomic E-state index is -1.27. The van der Waals surface area contributed by atoms with Crippen molar-refractivity contribution in [3.63, 3.8) is 0 Å². The lowest BCUT2D eigenvalue weighted by Gasteiger charge is -2.73. The Labute approximate surface area is 246 Å². The van der Waals surface area contributed by atoms with Crippen LogP contribution in [0.3, 0.4) is 0 Å². The van der Waals surface area contributed by atoms with Gasteiger partial charge in [0.15, 0.2) is 0 Å². The average molecular weight is 561 g/mol. The zero-order valence-electron chi connectivity index (χ0n) is 27.3. The van der Waals surface area contributed by atoms with E-state index in [9.17, 15) is 15.3 Å². The van der Waals surface area contributed by atoms with Crippen LogP contribution in [0, 0.1) is 68.5 Å². The second-order valence-electron chi connectivity index (χ2n) is 17.6. The quantitative estimate of drug-likeness (QED) is 0.265. The Balaban J connectivity index is 1.33. The highest BCUT2D eigenvalue weighted by atomic mass is 16.4. The van der Waals surface area contributed by atoms with Gasteiger partial charge >= 0.3 is 0 Å². The van der Waals surface area contributed by atoms with Gasteiger partial charge in [0.1, 0.15) is 12.2 Å². The van der Waals surface area contributed by atoms with Gasteiger partial charge in [-0.3, -0.25) is 0 Å². The molecule has 4 nitrogen and oxygen atoms in total. The molecule has 0 unspecified atom stereocenters. The summed E-state index contributed by atoms with van der Waals surface area (Å²) in [6.45, 7) is 20.4. The summed E-state index contributed by atoms with van der Waals surface area (Å²) in [5, 5.41) is 39.5. The van der Waals surface area contributed by atoms with Crippen molar-refractivity contribution in [1.29, 1.82) is 0 Å². The predicted octanol–water partition coefficient (Wildman–Crippen LogP) is 7.22. The highest BCUT2D eigenvalue weighted by Gasteiger charge is 2.70. The third kappa shape index (κ3) is 4.34. The second-order valence-corrected chi connectivity index (χ2v) is 17.6. The van der Waals surface area contributed by atoms with Crippen LogP contribution in [-0.2, 0) is 0 Å². The number of aliphatic hydroxyl groups is 4. The first-order valence-corrected chi connectivity index (χ1v) is 17.2. The summed E-state index contributed by atoms with van der Waals surface area (Å²) in [4.78, 5) is 0. The molecule has 5 rings (SSSR count). The summed E-state index contributed by atoms with van der Waals surface area (Å²) in [7, 11) is 0. The molecule has 4 heteroatoms. The Hall–Kier alpha value is -0.160. The maximum atomic E-state index is 10.4. The van der Waals surface area contributed by atoms with E-state index in [0.29, 0.717) is 45.3 Å². The maximum Gasteiger partial charge on any atom is 0.108 e. The molecule has 0 bridgehead atoms. The van der Waals surface area contributed by atoms with Gasteiger partial charge < -0.3 is 20.4 Å². The number of rotatable bonds is 7. The minimum absolute atomic E-state index is 0.406. The van der Waals surface area contributed by atoms with Crippen LogP contribution < -0.4 is 0 Å². The molecule has 5 saturated carbocycles. The lowest BCUT2D eigenvalue weighted by atomic mass is 9.31. The molecule has 14 atom stereocenters. The van der Waals surface area contributed by atoms with Crippen LogP contribution in [0.2, 0.25) is 0 Å². The van der Waals surface area contributed by atoms with Crippen LogP contribution in [0.1, 0.15) is 132 Å². The molecule has 0 radical (unpaired) electrons. The van der Waals surface area contributed by atoms with Gasteiger partial charge in [0.25, 0.3) is 0 Å². The largest absolute Gasteiger partial charge is 0.394 e. The normalized spacial score (nSPS) is 51.0. The molecule has 4 N–H and O–H groups in total. The molecular weight excluding hydrogens is 496 g/mol. The van der Waals surface area contributed by atoms with Crippen molar-refractivity contribution in [2.24, 2.45) is 68.5 Å². The molecule has 0 spiro atoms. The Kier molecular flexibility index (Phi) is 8.19. The maximum absolute atomic E-state index is 10.4. The molecule has 0 heterocycles. The van der Waals surface area contributed by atoms with Crippen LogP contribution in [0.15, 0.2) is 0 Å². The van der Waals surface area contributed by atoms with Gasteiger partial charge in [-0.2, -0.15) is 0 Å². The van der Waals surface area contributed by atoms with E-state index in [0.717, 1.165) is 36.0 Å². The Bertz CT molecular complexity index is 918. The van der Waals surface area contributed by atoms with E-state index < -0.39 is 24.9 Å². The molecule has 5 aliphatic carbocycles. The van der Waals surface area contributed by atoms with Crippen molar-refractivity contribution in [1.82, 2.24) is 0 Å². The Morgan fingerprint density at radius 1 is 0.650 bits per heavy atom. The van der Waals surface area contributed by atoms with E-state index in [1.807, 2.05) is 0 Å². The van der Waals surface area contributed by atoms with Gasteiger partial charge in [0, 0.05) is 0 Å². The number of hydrogen-bond acceptors (Lipinski definition) is 4. The second kappa shape index (κ2) is 10.5. The smallest absolute Gasteiger partial charge is 0.108 e. The Morgan fingerprint density at radius 2 is 1.23 bits per heavy atom. The summed E-state index contributed by atoms with van der Waals surface area (Å²) in [6.07, 6.45) is 11.7. The first-order valence-electron chi connectivity index (χ1n) is 17.2. The lowest BCUT2D eigenvalue weighted by molar-refractivity contribution is -0.246. The number of fused-ring (bicyclic) bond motifs is 7. The fraction of sp³-hybridized carbons (Fsp3) is 1.00. The molecule has 0 aromatic carbocycles. The van der Waals surface area contributed by atoms with Gasteiger partial charge in [0.2, 0.25) is 0 Å². The summed E-state index contributed by atoms with van der Waals surface area (Å²) in [5.41, 5.74) is 2.19. The minimum Gasteiger partial charge on any atom is -0.394 e. The van der Waals surface area contributed by atoms with Gasteiger partial charge in [-0.15, -0.1) is 0 Å². The van der Waals surface area contributed by atoms with E-state index in [1.54, 1.807) is 0 Å². The third-order valence-corrected chi connectivity index (χ3v) is 16.2. The van der Waals surface area contributed by atoms with Crippen LogP contribution in [-0.4, -0.2) is 45.3 Å². The first kappa shape index (κ1) is 31.3. The summed E-state index contributed by atoms with van der Waals surface area (Å²) in [5.74, 6) is 5.28. The standard InChI is InChI=1S/C36H64O4/c1-22(9-10-26(38)31(40)27(39)21-37)24-14-18-33(5)25(24)15-19-35(7)29(33)11-12-30-34(6)17-13-23(2)32(3,4)28(34)16-20-36(30,35)8/h22-31,37-40H,9-21H2,1-8H3/t22-,23+,24-,25+,26-,27+,28+,29-,30+,31-,33+,34+,35-,36-/m1/s1. The van der Waals surface area contributed by atoms with Crippen molar-refractivity contribution >= 4 is 0 Å². The van der Waals surface area contributed by atoms with Gasteiger partial charge in [-0.25, -0.2) is 0 Å². The molecule has 5 aliphatic rings.